The summed E-state index contributed by atoms with van der Waals surface area (Å²) in [4.78, 5) is 26.6. The highest BCUT2D eigenvalue weighted by molar-refractivity contribution is 6.08. The van der Waals surface area contributed by atoms with Crippen LogP contribution in [0.1, 0.15) is 39.7 Å². The van der Waals surface area contributed by atoms with Crippen molar-refractivity contribution in [2.75, 3.05) is 16.8 Å². The van der Waals surface area contributed by atoms with Gasteiger partial charge in [-0.2, -0.15) is 0 Å². The Labute approximate surface area is 138 Å². The molecular formula is C18H26N2O3. The lowest BCUT2D eigenvalue weighted by Crippen LogP contribution is -2.53. The van der Waals surface area contributed by atoms with Crippen molar-refractivity contribution in [1.29, 1.82) is 0 Å². The normalized spacial score (nSPS) is 18.4. The van der Waals surface area contributed by atoms with Gasteiger partial charge in [0.05, 0.1) is 18.0 Å². The third kappa shape index (κ3) is 3.66. The Morgan fingerprint density at radius 2 is 2.04 bits per heavy atom. The molecule has 23 heavy (non-hydrogen) atoms. The number of anilines is 2. The van der Waals surface area contributed by atoms with E-state index in [4.69, 9.17) is 4.74 Å². The van der Waals surface area contributed by atoms with Gasteiger partial charge in [0, 0.05) is 0 Å². The van der Waals surface area contributed by atoms with Crippen LogP contribution in [0, 0.1) is 12.8 Å². The molecule has 0 spiro atoms. The van der Waals surface area contributed by atoms with Crippen LogP contribution >= 0.6 is 0 Å². The summed E-state index contributed by atoms with van der Waals surface area (Å²) in [7, 11) is 0. The third-order valence-electron chi connectivity index (χ3n) is 3.97. The summed E-state index contributed by atoms with van der Waals surface area (Å²) in [6, 6.07) is 4.87. The van der Waals surface area contributed by atoms with Crippen LogP contribution in [0.2, 0.25) is 0 Å². The Kier molecular flexibility index (Phi) is 5.29. The van der Waals surface area contributed by atoms with Crippen LogP contribution < -0.4 is 10.2 Å². The molecule has 1 N–H and O–H groups in total. The number of hydrogen-bond donors (Lipinski definition) is 1. The molecule has 1 aliphatic heterocycles. The molecule has 0 aliphatic carbocycles. The summed E-state index contributed by atoms with van der Waals surface area (Å²) in [5, 5.41) is 3.27. The number of rotatable bonds is 5. The number of nitrogens with zero attached hydrogens (tertiary/aromatic N) is 1. The summed E-state index contributed by atoms with van der Waals surface area (Å²) < 4.78 is 5.32. The van der Waals surface area contributed by atoms with Crippen LogP contribution in [0.5, 0.6) is 0 Å². The van der Waals surface area contributed by atoms with E-state index in [2.05, 4.69) is 5.32 Å². The maximum Gasteiger partial charge on any atom is 0.328 e. The van der Waals surface area contributed by atoms with E-state index in [1.165, 1.54) is 0 Å². The lowest BCUT2D eigenvalue weighted by Gasteiger charge is -2.37. The molecule has 1 amide bonds. The SMILES string of the molecule is CCC1Nc2cc(C)ccc2N(C(C)C(=O)OCC(C)C)C1=O. The maximum atomic E-state index is 12.7. The molecule has 2 rings (SSSR count). The first-order valence-electron chi connectivity index (χ1n) is 8.22. The average Bonchev–Trinajstić information content (AvgIpc) is 2.51. The molecule has 0 fully saturated rings. The van der Waals surface area contributed by atoms with E-state index in [0.29, 0.717) is 13.0 Å². The van der Waals surface area contributed by atoms with Gasteiger partial charge in [-0.15, -0.1) is 0 Å². The summed E-state index contributed by atoms with van der Waals surface area (Å²) in [5.74, 6) is -0.184. The maximum absolute atomic E-state index is 12.7. The number of amides is 1. The van der Waals surface area contributed by atoms with Gasteiger partial charge in [-0.05, 0) is 43.9 Å². The van der Waals surface area contributed by atoms with Crippen molar-refractivity contribution in [3.8, 4) is 0 Å². The fourth-order valence-electron chi connectivity index (χ4n) is 2.66. The minimum Gasteiger partial charge on any atom is -0.464 e. The third-order valence-corrected chi connectivity index (χ3v) is 3.97. The molecule has 1 heterocycles. The topological polar surface area (TPSA) is 58.6 Å². The standard InChI is InChI=1S/C18H26N2O3/c1-6-14-17(21)20(13(5)18(22)23-10-11(2)3)16-8-7-12(4)9-15(16)19-14/h7-9,11,13-14,19H,6,10H2,1-5H3. The van der Waals surface area contributed by atoms with E-state index in [1.807, 2.05) is 45.9 Å². The minimum absolute atomic E-state index is 0.0853. The van der Waals surface area contributed by atoms with Crippen molar-refractivity contribution in [1.82, 2.24) is 0 Å². The van der Waals surface area contributed by atoms with E-state index < -0.39 is 6.04 Å². The van der Waals surface area contributed by atoms with Gasteiger partial charge in [-0.1, -0.05) is 26.8 Å². The average molecular weight is 318 g/mol. The van der Waals surface area contributed by atoms with Crippen molar-refractivity contribution in [3.63, 3.8) is 0 Å². The van der Waals surface area contributed by atoms with E-state index >= 15 is 0 Å². The molecule has 0 aromatic heterocycles. The van der Waals surface area contributed by atoms with Gasteiger partial charge in [0.2, 0.25) is 5.91 Å². The molecule has 2 atom stereocenters. The summed E-state index contributed by atoms with van der Waals surface area (Å²) >= 11 is 0. The fourth-order valence-corrected chi connectivity index (χ4v) is 2.66. The first-order chi connectivity index (χ1) is 10.8. The van der Waals surface area contributed by atoms with Crippen LogP contribution in [0.3, 0.4) is 0 Å². The van der Waals surface area contributed by atoms with Crippen molar-refractivity contribution >= 4 is 23.3 Å². The molecule has 5 nitrogen and oxygen atoms in total. The van der Waals surface area contributed by atoms with Gasteiger partial charge >= 0.3 is 5.97 Å². The molecule has 0 saturated heterocycles. The van der Waals surface area contributed by atoms with Crippen LogP contribution in [0.4, 0.5) is 11.4 Å². The molecule has 0 radical (unpaired) electrons. The molecule has 1 aromatic carbocycles. The Hall–Kier alpha value is -2.04. The first-order valence-corrected chi connectivity index (χ1v) is 8.22. The second kappa shape index (κ2) is 7.02. The van der Waals surface area contributed by atoms with Crippen LogP contribution in [-0.2, 0) is 14.3 Å². The van der Waals surface area contributed by atoms with E-state index in [1.54, 1.807) is 11.8 Å². The Morgan fingerprint density at radius 3 is 2.65 bits per heavy atom. The molecule has 2 unspecified atom stereocenters. The van der Waals surface area contributed by atoms with Crippen molar-refractivity contribution in [3.05, 3.63) is 23.8 Å². The zero-order valence-corrected chi connectivity index (χ0v) is 14.6. The van der Waals surface area contributed by atoms with Crippen molar-refractivity contribution < 1.29 is 14.3 Å². The van der Waals surface area contributed by atoms with E-state index in [-0.39, 0.29) is 23.8 Å². The van der Waals surface area contributed by atoms with Gasteiger partial charge in [0.15, 0.2) is 0 Å². The molecule has 1 aliphatic rings. The van der Waals surface area contributed by atoms with Gasteiger partial charge in [0.25, 0.3) is 0 Å². The van der Waals surface area contributed by atoms with Crippen LogP contribution in [0.25, 0.3) is 0 Å². The predicted molar refractivity (Wildman–Crippen MR) is 91.6 cm³/mol. The molecule has 126 valence electrons. The highest BCUT2D eigenvalue weighted by Crippen LogP contribution is 2.34. The number of benzene rings is 1. The predicted octanol–water partition coefficient (Wildman–Crippen LogP) is 3.12. The molecule has 0 bridgehead atoms. The molecule has 1 aromatic rings. The number of fused-ring (bicyclic) bond motifs is 1. The Bertz CT molecular complexity index is 598. The Morgan fingerprint density at radius 1 is 1.35 bits per heavy atom. The minimum atomic E-state index is -0.640. The highest BCUT2D eigenvalue weighted by Gasteiger charge is 2.37. The quantitative estimate of drug-likeness (QED) is 0.848. The fraction of sp³-hybridized carbons (Fsp3) is 0.556. The lowest BCUT2D eigenvalue weighted by atomic mass is 10.0. The van der Waals surface area contributed by atoms with Gasteiger partial charge in [-0.3, -0.25) is 9.69 Å². The van der Waals surface area contributed by atoms with Crippen LogP contribution in [0.15, 0.2) is 18.2 Å². The number of hydrogen-bond acceptors (Lipinski definition) is 4. The number of aryl methyl sites for hydroxylation is 1. The van der Waals surface area contributed by atoms with E-state index in [0.717, 1.165) is 16.9 Å². The molecular weight excluding hydrogens is 292 g/mol. The van der Waals surface area contributed by atoms with Crippen molar-refractivity contribution in [2.45, 2.75) is 53.1 Å². The first kappa shape index (κ1) is 17.3. The number of esters is 1. The molecule has 5 heteroatoms. The smallest absolute Gasteiger partial charge is 0.328 e. The zero-order valence-electron chi connectivity index (χ0n) is 14.6. The monoisotopic (exact) mass is 318 g/mol. The van der Waals surface area contributed by atoms with Gasteiger partial charge in [0.1, 0.15) is 12.1 Å². The summed E-state index contributed by atoms with van der Waals surface area (Å²) in [6.07, 6.45) is 0.663. The van der Waals surface area contributed by atoms with E-state index in [9.17, 15) is 9.59 Å². The summed E-state index contributed by atoms with van der Waals surface area (Å²) in [6.45, 7) is 10.0. The number of nitrogens with one attached hydrogen (secondary N) is 1. The van der Waals surface area contributed by atoms with Gasteiger partial charge in [-0.25, -0.2) is 4.79 Å². The lowest BCUT2D eigenvalue weighted by molar-refractivity contribution is -0.147. The largest absolute Gasteiger partial charge is 0.464 e. The number of carbonyl (C=O) groups is 2. The number of ether oxygens (including phenoxy) is 1. The second-order valence-corrected chi connectivity index (χ2v) is 6.53. The molecule has 0 saturated carbocycles. The van der Waals surface area contributed by atoms with Crippen LogP contribution in [-0.4, -0.2) is 30.6 Å². The number of carbonyl (C=O) groups excluding carboxylic acids is 2. The van der Waals surface area contributed by atoms with Gasteiger partial charge < -0.3 is 10.1 Å². The summed E-state index contributed by atoms with van der Waals surface area (Å²) in [5.41, 5.74) is 2.73. The highest BCUT2D eigenvalue weighted by atomic mass is 16.5. The van der Waals surface area contributed by atoms with Crippen molar-refractivity contribution in [2.24, 2.45) is 5.92 Å². The second-order valence-electron chi connectivity index (χ2n) is 6.53. The zero-order chi connectivity index (χ0) is 17.1. The Balaban J connectivity index is 2.31.